The summed E-state index contributed by atoms with van der Waals surface area (Å²) in [7, 11) is 1.88. The number of rotatable bonds is 3. The van der Waals surface area contributed by atoms with Crippen molar-refractivity contribution in [2.75, 3.05) is 19.6 Å². The molecule has 0 spiro atoms. The van der Waals surface area contributed by atoms with Gasteiger partial charge >= 0.3 is 0 Å². The molecule has 2 atom stereocenters. The highest BCUT2D eigenvalue weighted by Gasteiger charge is 2.41. The van der Waals surface area contributed by atoms with Crippen LogP contribution in [0.5, 0.6) is 0 Å². The molecule has 0 aromatic carbocycles. The second-order valence-corrected chi connectivity index (χ2v) is 6.17. The maximum absolute atomic E-state index is 12.7. The molecule has 0 unspecified atom stereocenters. The highest BCUT2D eigenvalue weighted by molar-refractivity contribution is 5.93. The largest absolute Gasteiger partial charge is 0.347 e. The highest BCUT2D eigenvalue weighted by atomic mass is 16.2. The summed E-state index contributed by atoms with van der Waals surface area (Å²) in [5.41, 5.74) is 0.700. The molecular weight excluding hydrogens is 266 g/mol. The molecule has 2 amide bonds. The van der Waals surface area contributed by atoms with E-state index in [9.17, 15) is 9.59 Å². The van der Waals surface area contributed by atoms with Gasteiger partial charge in [0.2, 0.25) is 5.91 Å². The van der Waals surface area contributed by atoms with Gasteiger partial charge in [0.25, 0.3) is 5.91 Å². The number of hydrogen-bond acceptors (Lipinski definition) is 2. The van der Waals surface area contributed by atoms with E-state index in [1.165, 1.54) is 0 Å². The second-order valence-electron chi connectivity index (χ2n) is 6.17. The molecule has 5 nitrogen and oxygen atoms in total. The number of amides is 2. The van der Waals surface area contributed by atoms with Crippen molar-refractivity contribution in [1.82, 2.24) is 14.4 Å². The topological polar surface area (TPSA) is 45.6 Å². The summed E-state index contributed by atoms with van der Waals surface area (Å²) in [5, 5.41) is 0. The average Bonchev–Trinajstić information content (AvgIpc) is 2.72. The maximum atomic E-state index is 12.7. The lowest BCUT2D eigenvalue weighted by atomic mass is 9.94. The standard InChI is InChI=1S/C16H23N3O2/c1-3-8-19-13-7-6-12(15(19)20)10-18(11-13)16(21)14-5-4-9-17(14)2/h4-5,9,12-13H,3,6-8,10-11H2,1-2H3/t12-,13+/m1/s1. The number of nitrogens with zero attached hydrogens (tertiary/aromatic N) is 3. The number of carbonyl (C=O) groups excluding carboxylic acids is 2. The van der Waals surface area contributed by atoms with Crippen molar-refractivity contribution in [3.8, 4) is 0 Å². The number of hydrogen-bond donors (Lipinski definition) is 0. The molecular formula is C16H23N3O2. The highest BCUT2D eigenvalue weighted by Crippen LogP contribution is 2.29. The van der Waals surface area contributed by atoms with Gasteiger partial charge in [-0.15, -0.1) is 0 Å². The number of carbonyl (C=O) groups is 2. The molecule has 3 aliphatic rings. The molecule has 3 fully saturated rings. The quantitative estimate of drug-likeness (QED) is 0.846. The van der Waals surface area contributed by atoms with Crippen LogP contribution in [0.1, 0.15) is 36.7 Å². The number of piperidine rings is 1. The SMILES string of the molecule is CCCN1C(=O)[C@@H]2CC[C@H]1CN(C(=O)c1cccn1C)C2. The normalized spacial score (nSPS) is 25.3. The fraction of sp³-hybridized carbons (Fsp3) is 0.625. The van der Waals surface area contributed by atoms with E-state index in [0.717, 1.165) is 25.8 Å². The van der Waals surface area contributed by atoms with Gasteiger partial charge in [-0.25, -0.2) is 0 Å². The molecule has 21 heavy (non-hydrogen) atoms. The van der Waals surface area contributed by atoms with Crippen molar-refractivity contribution in [2.45, 2.75) is 32.2 Å². The molecule has 4 heterocycles. The van der Waals surface area contributed by atoms with Crippen molar-refractivity contribution in [3.63, 3.8) is 0 Å². The molecule has 4 rings (SSSR count). The van der Waals surface area contributed by atoms with Gasteiger partial charge in [0.1, 0.15) is 5.69 Å². The third-order valence-corrected chi connectivity index (χ3v) is 4.71. The summed E-state index contributed by atoms with van der Waals surface area (Å²) in [4.78, 5) is 29.1. The predicted molar refractivity (Wildman–Crippen MR) is 79.8 cm³/mol. The monoisotopic (exact) mass is 289 g/mol. The first-order chi connectivity index (χ1) is 10.1. The first-order valence-electron chi connectivity index (χ1n) is 7.83. The Balaban J connectivity index is 1.82. The van der Waals surface area contributed by atoms with E-state index in [1.807, 2.05) is 39.7 Å². The molecule has 0 radical (unpaired) electrons. The van der Waals surface area contributed by atoms with Crippen LogP contribution in [0, 0.1) is 5.92 Å². The Bertz CT molecular complexity index is 551. The van der Waals surface area contributed by atoms with Gasteiger partial charge in [-0.3, -0.25) is 9.59 Å². The third-order valence-electron chi connectivity index (χ3n) is 4.71. The van der Waals surface area contributed by atoms with Crippen LogP contribution in [0.15, 0.2) is 18.3 Å². The lowest BCUT2D eigenvalue weighted by Crippen LogP contribution is -2.48. The van der Waals surface area contributed by atoms with Crippen LogP contribution < -0.4 is 0 Å². The Morgan fingerprint density at radius 2 is 2.14 bits per heavy atom. The van der Waals surface area contributed by atoms with Crippen molar-refractivity contribution < 1.29 is 9.59 Å². The van der Waals surface area contributed by atoms with Gasteiger partial charge < -0.3 is 14.4 Å². The van der Waals surface area contributed by atoms with Crippen LogP contribution in [-0.4, -0.2) is 51.9 Å². The summed E-state index contributed by atoms with van der Waals surface area (Å²) < 4.78 is 1.85. The Morgan fingerprint density at radius 1 is 1.33 bits per heavy atom. The number of fused-ring (bicyclic) bond motifs is 4. The third kappa shape index (κ3) is 2.45. The van der Waals surface area contributed by atoms with Crippen LogP contribution in [0.4, 0.5) is 0 Å². The molecule has 3 aliphatic heterocycles. The number of aryl methyl sites for hydroxylation is 1. The molecule has 1 aromatic rings. The minimum atomic E-state index is -0.0143. The van der Waals surface area contributed by atoms with E-state index in [1.54, 1.807) is 0 Å². The van der Waals surface area contributed by atoms with E-state index in [-0.39, 0.29) is 23.8 Å². The lowest BCUT2D eigenvalue weighted by Gasteiger charge is -2.35. The van der Waals surface area contributed by atoms with Crippen molar-refractivity contribution in [2.24, 2.45) is 13.0 Å². The fourth-order valence-electron chi connectivity index (χ4n) is 3.59. The summed E-state index contributed by atoms with van der Waals surface area (Å²) in [6.07, 6.45) is 4.79. The molecule has 3 saturated heterocycles. The molecule has 0 N–H and O–H groups in total. The van der Waals surface area contributed by atoms with Crippen molar-refractivity contribution in [1.29, 1.82) is 0 Å². The van der Waals surface area contributed by atoms with Gasteiger partial charge in [0.05, 0.1) is 5.92 Å². The average molecular weight is 289 g/mol. The molecule has 1 aromatic heterocycles. The van der Waals surface area contributed by atoms with Crippen molar-refractivity contribution >= 4 is 11.8 Å². The van der Waals surface area contributed by atoms with E-state index >= 15 is 0 Å². The van der Waals surface area contributed by atoms with E-state index in [0.29, 0.717) is 18.8 Å². The molecule has 0 saturated carbocycles. The first-order valence-corrected chi connectivity index (χ1v) is 7.83. The smallest absolute Gasteiger partial charge is 0.270 e. The van der Waals surface area contributed by atoms with Crippen LogP contribution in [0.2, 0.25) is 0 Å². The molecule has 0 aliphatic carbocycles. The molecule has 114 valence electrons. The maximum Gasteiger partial charge on any atom is 0.270 e. The minimum Gasteiger partial charge on any atom is -0.347 e. The zero-order valence-corrected chi connectivity index (χ0v) is 12.8. The summed E-state index contributed by atoms with van der Waals surface area (Å²) in [6.45, 7) is 4.15. The lowest BCUT2D eigenvalue weighted by molar-refractivity contribution is -0.139. The van der Waals surface area contributed by atoms with Crippen LogP contribution in [0.3, 0.4) is 0 Å². The zero-order chi connectivity index (χ0) is 15.0. The molecule has 2 bridgehead atoms. The minimum absolute atomic E-state index is 0.0143. The van der Waals surface area contributed by atoms with E-state index in [2.05, 4.69) is 6.92 Å². The molecule has 5 heteroatoms. The Hall–Kier alpha value is -1.78. The fourth-order valence-corrected chi connectivity index (χ4v) is 3.59. The zero-order valence-electron chi connectivity index (χ0n) is 12.8. The summed E-state index contributed by atoms with van der Waals surface area (Å²) >= 11 is 0. The van der Waals surface area contributed by atoms with Gasteiger partial charge in [-0.2, -0.15) is 0 Å². The predicted octanol–water partition coefficient (Wildman–Crippen LogP) is 1.50. The number of aromatic nitrogens is 1. The first kappa shape index (κ1) is 14.2. The van der Waals surface area contributed by atoms with E-state index < -0.39 is 0 Å². The van der Waals surface area contributed by atoms with Crippen LogP contribution in [-0.2, 0) is 11.8 Å². The Labute approximate surface area is 125 Å². The van der Waals surface area contributed by atoms with Gasteiger partial charge in [-0.1, -0.05) is 6.92 Å². The summed E-state index contributed by atoms with van der Waals surface area (Å²) in [6, 6.07) is 3.93. The summed E-state index contributed by atoms with van der Waals surface area (Å²) in [5.74, 6) is 0.278. The van der Waals surface area contributed by atoms with E-state index in [4.69, 9.17) is 0 Å². The van der Waals surface area contributed by atoms with Crippen LogP contribution >= 0.6 is 0 Å². The Morgan fingerprint density at radius 3 is 2.81 bits per heavy atom. The van der Waals surface area contributed by atoms with Gasteiger partial charge in [0.15, 0.2) is 0 Å². The second kappa shape index (κ2) is 5.54. The van der Waals surface area contributed by atoms with Gasteiger partial charge in [0, 0.05) is 38.9 Å². The van der Waals surface area contributed by atoms with Crippen molar-refractivity contribution in [3.05, 3.63) is 24.0 Å². The van der Waals surface area contributed by atoms with Crippen LogP contribution in [0.25, 0.3) is 0 Å². The van der Waals surface area contributed by atoms with Gasteiger partial charge in [-0.05, 0) is 31.4 Å². The Kier molecular flexibility index (Phi) is 3.74.